The number of carbonyl (C=O) groups excluding carboxylic acids is 3. The lowest BCUT2D eigenvalue weighted by atomic mass is 10.2. The number of rotatable bonds is 7. The maximum Gasteiger partial charge on any atom is 0.269 e. The van der Waals surface area contributed by atoms with Gasteiger partial charge in [0.1, 0.15) is 0 Å². The van der Waals surface area contributed by atoms with Gasteiger partial charge in [0.05, 0.1) is 15.9 Å². The molecule has 0 radical (unpaired) electrons. The van der Waals surface area contributed by atoms with E-state index < -0.39 is 22.0 Å². The number of aryl methyl sites for hydroxylation is 1. The average Bonchev–Trinajstić information content (AvgIpc) is 2.71. The standard InChI is InChI=1S/C19H20N4O5S/c1-12-3-7-15(8-4-12)20-17(24)11-29-13(2)18(25)21-22-19(26)14-5-9-16(10-6-14)23(27)28/h3-10,13H,11H2,1-2H3,(H,20,24)(H,21,25)(H,22,26)/t13-/m0/s1. The van der Waals surface area contributed by atoms with Crippen LogP contribution in [0.1, 0.15) is 22.8 Å². The summed E-state index contributed by atoms with van der Waals surface area (Å²) in [5, 5.41) is 12.8. The zero-order valence-corrected chi connectivity index (χ0v) is 16.6. The maximum atomic E-state index is 12.1. The van der Waals surface area contributed by atoms with Gasteiger partial charge in [-0.15, -0.1) is 11.8 Å². The van der Waals surface area contributed by atoms with Crippen molar-refractivity contribution in [3.63, 3.8) is 0 Å². The van der Waals surface area contributed by atoms with Gasteiger partial charge in [0.25, 0.3) is 17.5 Å². The number of thioether (sulfide) groups is 1. The predicted molar refractivity (Wildman–Crippen MR) is 110 cm³/mol. The summed E-state index contributed by atoms with van der Waals surface area (Å²) in [6, 6.07) is 12.3. The molecule has 0 unspecified atom stereocenters. The number of hydrogen-bond acceptors (Lipinski definition) is 6. The van der Waals surface area contributed by atoms with Crippen molar-refractivity contribution in [2.45, 2.75) is 19.1 Å². The molecular formula is C19H20N4O5S. The molecule has 10 heteroatoms. The van der Waals surface area contributed by atoms with Gasteiger partial charge in [-0.1, -0.05) is 17.7 Å². The largest absolute Gasteiger partial charge is 0.325 e. The van der Waals surface area contributed by atoms with Crippen LogP contribution in [0.2, 0.25) is 0 Å². The molecule has 0 aromatic heterocycles. The molecule has 0 spiro atoms. The highest BCUT2D eigenvalue weighted by Gasteiger charge is 2.17. The number of carbonyl (C=O) groups is 3. The van der Waals surface area contributed by atoms with E-state index in [1.54, 1.807) is 19.1 Å². The third-order valence-electron chi connectivity index (χ3n) is 3.81. The lowest BCUT2D eigenvalue weighted by Gasteiger charge is -2.13. The molecular weight excluding hydrogens is 396 g/mol. The number of benzene rings is 2. The van der Waals surface area contributed by atoms with Gasteiger partial charge in [-0.2, -0.15) is 0 Å². The Balaban J connectivity index is 1.75. The van der Waals surface area contributed by atoms with E-state index in [4.69, 9.17) is 0 Å². The quantitative estimate of drug-likeness (QED) is 0.469. The highest BCUT2D eigenvalue weighted by Crippen LogP contribution is 2.14. The third-order valence-corrected chi connectivity index (χ3v) is 4.95. The van der Waals surface area contributed by atoms with Crippen molar-refractivity contribution in [1.29, 1.82) is 0 Å². The fraction of sp³-hybridized carbons (Fsp3) is 0.211. The van der Waals surface area contributed by atoms with E-state index in [9.17, 15) is 24.5 Å². The van der Waals surface area contributed by atoms with Crippen LogP contribution in [0.5, 0.6) is 0 Å². The van der Waals surface area contributed by atoms with E-state index in [2.05, 4.69) is 16.2 Å². The first-order chi connectivity index (χ1) is 13.8. The molecule has 2 aromatic rings. The van der Waals surface area contributed by atoms with Crippen LogP contribution in [0.3, 0.4) is 0 Å². The highest BCUT2D eigenvalue weighted by atomic mass is 32.2. The maximum absolute atomic E-state index is 12.1. The van der Waals surface area contributed by atoms with Crippen molar-refractivity contribution < 1.29 is 19.3 Å². The molecule has 0 bridgehead atoms. The van der Waals surface area contributed by atoms with Crippen molar-refractivity contribution in [1.82, 2.24) is 10.9 Å². The van der Waals surface area contributed by atoms with Gasteiger partial charge in [-0.05, 0) is 38.1 Å². The van der Waals surface area contributed by atoms with Crippen LogP contribution < -0.4 is 16.2 Å². The van der Waals surface area contributed by atoms with Crippen LogP contribution in [0.4, 0.5) is 11.4 Å². The highest BCUT2D eigenvalue weighted by molar-refractivity contribution is 8.01. The monoisotopic (exact) mass is 416 g/mol. The van der Waals surface area contributed by atoms with Gasteiger partial charge in [-0.25, -0.2) is 0 Å². The lowest BCUT2D eigenvalue weighted by Crippen LogP contribution is -2.45. The Labute approximate surface area is 171 Å². The molecule has 9 nitrogen and oxygen atoms in total. The van der Waals surface area contributed by atoms with E-state index in [1.165, 1.54) is 24.3 Å². The molecule has 0 heterocycles. The van der Waals surface area contributed by atoms with Crippen molar-refractivity contribution in [2.24, 2.45) is 0 Å². The Kier molecular flexibility index (Phi) is 7.72. The van der Waals surface area contributed by atoms with Gasteiger partial charge in [0.2, 0.25) is 5.91 Å². The number of anilines is 1. The first-order valence-electron chi connectivity index (χ1n) is 8.59. The topological polar surface area (TPSA) is 130 Å². The molecule has 29 heavy (non-hydrogen) atoms. The molecule has 0 fully saturated rings. The normalized spacial score (nSPS) is 11.2. The van der Waals surface area contributed by atoms with Crippen molar-refractivity contribution in [3.8, 4) is 0 Å². The van der Waals surface area contributed by atoms with Crippen LogP contribution in [0, 0.1) is 17.0 Å². The summed E-state index contributed by atoms with van der Waals surface area (Å²) in [5.74, 6) is -1.26. The lowest BCUT2D eigenvalue weighted by molar-refractivity contribution is -0.384. The number of non-ortho nitro benzene ring substituents is 1. The second-order valence-corrected chi connectivity index (χ2v) is 7.44. The van der Waals surface area contributed by atoms with Crippen LogP contribution in [-0.4, -0.2) is 33.6 Å². The van der Waals surface area contributed by atoms with E-state index in [1.807, 2.05) is 19.1 Å². The summed E-state index contributed by atoms with van der Waals surface area (Å²) in [5.41, 5.74) is 6.29. The van der Waals surface area contributed by atoms with Gasteiger partial charge in [0.15, 0.2) is 0 Å². The molecule has 3 amide bonds. The molecule has 3 N–H and O–H groups in total. The van der Waals surface area contributed by atoms with E-state index in [-0.39, 0.29) is 22.9 Å². The third kappa shape index (κ3) is 6.92. The number of nitro benzene ring substituents is 1. The summed E-state index contributed by atoms with van der Waals surface area (Å²) in [4.78, 5) is 46.1. The first-order valence-corrected chi connectivity index (χ1v) is 9.64. The Bertz CT molecular complexity index is 900. The van der Waals surface area contributed by atoms with E-state index in [0.29, 0.717) is 5.69 Å². The van der Waals surface area contributed by atoms with Gasteiger partial charge in [-0.3, -0.25) is 35.3 Å². The van der Waals surface area contributed by atoms with Gasteiger partial charge >= 0.3 is 0 Å². The van der Waals surface area contributed by atoms with Crippen LogP contribution in [0.25, 0.3) is 0 Å². The number of hydrogen-bond donors (Lipinski definition) is 3. The minimum atomic E-state index is -0.609. The summed E-state index contributed by atoms with van der Waals surface area (Å²) in [6.45, 7) is 3.55. The zero-order chi connectivity index (χ0) is 21.4. The van der Waals surface area contributed by atoms with Gasteiger partial charge < -0.3 is 5.32 Å². The molecule has 0 aliphatic carbocycles. The number of nitrogens with one attached hydrogen (secondary N) is 3. The second-order valence-electron chi connectivity index (χ2n) is 6.11. The smallest absolute Gasteiger partial charge is 0.269 e. The molecule has 2 rings (SSSR count). The first kappa shape index (κ1) is 21.9. The van der Waals surface area contributed by atoms with E-state index in [0.717, 1.165) is 17.3 Å². The Hall–Kier alpha value is -3.40. The van der Waals surface area contributed by atoms with Crippen LogP contribution in [0.15, 0.2) is 48.5 Å². The fourth-order valence-corrected chi connectivity index (χ4v) is 2.82. The number of nitrogens with zero attached hydrogens (tertiary/aromatic N) is 1. The summed E-state index contributed by atoms with van der Waals surface area (Å²) in [7, 11) is 0. The Morgan fingerprint density at radius 3 is 2.24 bits per heavy atom. The van der Waals surface area contributed by atoms with Crippen molar-refractivity contribution >= 4 is 40.9 Å². The SMILES string of the molecule is Cc1ccc(NC(=O)CS[C@@H](C)C(=O)NNC(=O)c2ccc([N+](=O)[O-])cc2)cc1. The van der Waals surface area contributed by atoms with Crippen molar-refractivity contribution in [3.05, 3.63) is 69.8 Å². The molecule has 0 aliphatic heterocycles. The zero-order valence-electron chi connectivity index (χ0n) is 15.8. The minimum Gasteiger partial charge on any atom is -0.325 e. The van der Waals surface area contributed by atoms with Gasteiger partial charge in [0, 0.05) is 23.4 Å². The number of hydrazine groups is 1. The Morgan fingerprint density at radius 2 is 1.66 bits per heavy atom. The van der Waals surface area contributed by atoms with Crippen molar-refractivity contribution in [2.75, 3.05) is 11.1 Å². The molecule has 1 atom stereocenters. The summed E-state index contributed by atoms with van der Waals surface area (Å²) >= 11 is 1.12. The van der Waals surface area contributed by atoms with Crippen LogP contribution in [-0.2, 0) is 9.59 Å². The predicted octanol–water partition coefficient (Wildman–Crippen LogP) is 2.42. The van der Waals surface area contributed by atoms with Crippen LogP contribution >= 0.6 is 11.8 Å². The summed E-state index contributed by atoms with van der Waals surface area (Å²) < 4.78 is 0. The number of nitro groups is 1. The number of amides is 3. The minimum absolute atomic E-state index is 0.0682. The molecule has 0 saturated heterocycles. The molecule has 0 aliphatic rings. The average molecular weight is 416 g/mol. The fourth-order valence-electron chi connectivity index (χ4n) is 2.14. The summed E-state index contributed by atoms with van der Waals surface area (Å²) in [6.07, 6.45) is 0. The molecule has 0 saturated carbocycles. The second kappa shape index (κ2) is 10.2. The molecule has 152 valence electrons. The molecule has 2 aromatic carbocycles. The van der Waals surface area contributed by atoms with E-state index >= 15 is 0 Å². The Morgan fingerprint density at radius 1 is 1.03 bits per heavy atom.